The normalized spacial score (nSPS) is 10.9. The Labute approximate surface area is 658 Å². The van der Waals surface area contributed by atoms with Crippen LogP contribution >= 0.6 is 47.0 Å². The zero-order valence-corrected chi connectivity index (χ0v) is 67.1. The highest BCUT2D eigenvalue weighted by Gasteiger charge is 2.18. The molecule has 20 heteroatoms. The first-order valence-electron chi connectivity index (χ1n) is 37.1. The predicted molar refractivity (Wildman–Crippen MR) is 444 cm³/mol. The zero-order chi connectivity index (χ0) is 77.0. The van der Waals surface area contributed by atoms with Crippen molar-refractivity contribution in [3.63, 3.8) is 0 Å². The average Bonchev–Trinajstić information content (AvgIpc) is 1.72. The van der Waals surface area contributed by atoms with Gasteiger partial charge in [-0.1, -0.05) is 96.4 Å². The minimum atomic E-state index is 0.281. The number of carbonyl (C=O) groups excluding carboxylic acids is 4. The molecule has 0 aliphatic rings. The fourth-order valence-corrected chi connectivity index (χ4v) is 14.9. The molecule has 566 valence electrons. The van der Waals surface area contributed by atoms with Crippen molar-refractivity contribution in [3.8, 4) is 45.8 Å². The second-order valence-corrected chi connectivity index (χ2v) is 30.7. The van der Waals surface area contributed by atoms with Crippen LogP contribution in [0.25, 0.3) is 45.8 Å². The largest absolute Gasteiger partial charge is 0.441 e. The standard InChI is InChI=1S/C23H26N2O2S.3C22H24N2O2S/c1-3-18-9-11-20(12-10-18)23-25-22(17(2)27-23)16-28-15-21(26)8-4-6-19-7-5-13-24-14-19;3*1-16-8-10-19(11-9-16)22-24-21(17(2)26-22)15-27-14-20(25)7-3-5-18-6-4-12-23-13-18/h5,7,9-14H,3-4,6,8,15-16H2,1-2H3;3*4,6,8-13H,3,5,7,14-15H2,1-2H3. The van der Waals surface area contributed by atoms with Crippen LogP contribution in [-0.2, 0) is 74.3 Å². The summed E-state index contributed by atoms with van der Waals surface area (Å²) in [6.07, 6.45) is 25.0. The Bertz CT molecular complexity index is 4350. The van der Waals surface area contributed by atoms with Crippen LogP contribution < -0.4 is 0 Å². The van der Waals surface area contributed by atoms with Gasteiger partial charge >= 0.3 is 0 Å². The summed E-state index contributed by atoms with van der Waals surface area (Å²) in [7, 11) is 0. The number of hydrogen-bond acceptors (Lipinski definition) is 20. The number of pyridine rings is 4. The van der Waals surface area contributed by atoms with Crippen LogP contribution in [-0.4, -0.2) is 86.0 Å². The van der Waals surface area contributed by atoms with Gasteiger partial charge in [-0.3, -0.25) is 39.1 Å². The van der Waals surface area contributed by atoms with E-state index in [1.54, 1.807) is 71.8 Å². The number of carbonyl (C=O) groups is 4. The van der Waals surface area contributed by atoms with Gasteiger partial charge in [0.15, 0.2) is 0 Å². The van der Waals surface area contributed by atoms with Crippen LogP contribution in [0.4, 0.5) is 0 Å². The summed E-state index contributed by atoms with van der Waals surface area (Å²) >= 11 is 6.41. The number of aromatic nitrogens is 8. The molecule has 109 heavy (non-hydrogen) atoms. The van der Waals surface area contributed by atoms with Crippen LogP contribution in [0.1, 0.15) is 149 Å². The molecule has 0 fully saturated rings. The first-order chi connectivity index (χ1) is 53.0. The van der Waals surface area contributed by atoms with E-state index >= 15 is 0 Å². The van der Waals surface area contributed by atoms with Crippen molar-refractivity contribution >= 4 is 70.2 Å². The Morgan fingerprint density at radius 2 is 0.532 bits per heavy atom. The number of rotatable bonds is 37. The van der Waals surface area contributed by atoms with Crippen LogP contribution in [0.2, 0.25) is 0 Å². The molecular weight excluding hydrogens is 1440 g/mol. The average molecular weight is 1540 g/mol. The fourth-order valence-electron chi connectivity index (χ4n) is 11.2. The molecule has 8 heterocycles. The van der Waals surface area contributed by atoms with Crippen molar-refractivity contribution < 1.29 is 36.8 Å². The van der Waals surface area contributed by atoms with E-state index in [9.17, 15) is 19.2 Å². The Morgan fingerprint density at radius 1 is 0.303 bits per heavy atom. The number of Topliss-reactive ketones (excluding diaryl/α,β-unsaturated/α-hetero) is 4. The lowest BCUT2D eigenvalue weighted by molar-refractivity contribution is -0.117. The summed E-state index contributed by atoms with van der Waals surface area (Å²) in [5, 5.41) is 0. The van der Waals surface area contributed by atoms with Gasteiger partial charge in [-0.2, -0.15) is 0 Å². The highest BCUT2D eigenvalue weighted by atomic mass is 32.2. The van der Waals surface area contributed by atoms with Crippen LogP contribution in [0.5, 0.6) is 0 Å². The molecule has 0 radical (unpaired) electrons. The van der Waals surface area contributed by atoms with Crippen molar-refractivity contribution in [2.75, 3.05) is 23.0 Å². The summed E-state index contributed by atoms with van der Waals surface area (Å²) in [6.45, 7) is 16.0. The molecule has 0 unspecified atom stereocenters. The number of ketones is 4. The fraction of sp³-hybridized carbons (Fsp3) is 0.326. The van der Waals surface area contributed by atoms with Crippen molar-refractivity contribution in [1.29, 1.82) is 0 Å². The Kier molecular flexibility index (Phi) is 34.8. The summed E-state index contributed by atoms with van der Waals surface area (Å²) in [4.78, 5) is 83.2. The number of hydrogen-bond donors (Lipinski definition) is 0. The number of aryl methyl sites for hydroxylation is 12. The monoisotopic (exact) mass is 1530 g/mol. The second-order valence-electron chi connectivity index (χ2n) is 26.7. The van der Waals surface area contributed by atoms with Gasteiger partial charge in [0, 0.05) is 121 Å². The van der Waals surface area contributed by atoms with Gasteiger partial charge in [0.25, 0.3) is 0 Å². The van der Waals surface area contributed by atoms with E-state index < -0.39 is 0 Å². The maximum atomic E-state index is 12.1. The topological polar surface area (TPSA) is 224 Å². The first kappa shape index (κ1) is 83.4. The van der Waals surface area contributed by atoms with E-state index in [4.69, 9.17) is 17.7 Å². The molecule has 0 amide bonds. The van der Waals surface area contributed by atoms with E-state index in [1.807, 2.05) is 186 Å². The van der Waals surface area contributed by atoms with Crippen LogP contribution in [0.15, 0.2) is 213 Å². The van der Waals surface area contributed by atoms with Gasteiger partial charge in [0.2, 0.25) is 23.6 Å². The molecule has 12 rings (SSSR count). The van der Waals surface area contributed by atoms with Crippen LogP contribution in [0.3, 0.4) is 0 Å². The minimum Gasteiger partial charge on any atom is -0.441 e. The van der Waals surface area contributed by atoms with E-state index in [0.717, 1.165) is 126 Å². The zero-order valence-electron chi connectivity index (χ0n) is 63.8. The van der Waals surface area contributed by atoms with Crippen LogP contribution in [0, 0.1) is 48.5 Å². The summed E-state index contributed by atoms with van der Waals surface area (Å²) < 4.78 is 23.2. The molecule has 0 aliphatic heterocycles. The SMILES string of the molecule is CCc1ccc(-c2nc(CSCC(=O)CCCc3cccnc3)c(C)o2)cc1.Cc1ccc(-c2nc(CSCC(=O)CCCc3cccnc3)c(C)o2)cc1.Cc1ccc(-c2nc(CSCC(=O)CCCc3cccnc3)c(C)o2)cc1.Cc1ccc(-c2nc(CSCC(=O)CCCc3cccnc3)c(C)o2)cc1. The van der Waals surface area contributed by atoms with E-state index in [0.29, 0.717) is 95.3 Å². The molecule has 0 N–H and O–H groups in total. The summed E-state index contributed by atoms with van der Waals surface area (Å²) in [5.41, 5.74) is 17.2. The van der Waals surface area contributed by atoms with Gasteiger partial charge in [-0.25, -0.2) is 19.9 Å². The molecule has 16 nitrogen and oxygen atoms in total. The highest BCUT2D eigenvalue weighted by molar-refractivity contribution is 7.99. The molecule has 0 aliphatic carbocycles. The molecule has 4 aromatic carbocycles. The van der Waals surface area contributed by atoms with Crippen molar-refractivity contribution in [1.82, 2.24) is 39.9 Å². The molecule has 0 saturated carbocycles. The maximum absolute atomic E-state index is 12.1. The Morgan fingerprint density at radius 3 is 0.743 bits per heavy atom. The van der Waals surface area contributed by atoms with Gasteiger partial charge in [-0.15, -0.1) is 47.0 Å². The van der Waals surface area contributed by atoms with Crippen molar-refractivity contribution in [3.05, 3.63) is 285 Å². The molecule has 0 saturated heterocycles. The third-order valence-electron chi connectivity index (χ3n) is 17.7. The van der Waals surface area contributed by atoms with E-state index in [1.165, 1.54) is 44.5 Å². The number of nitrogens with zero attached hydrogens (tertiary/aromatic N) is 8. The third kappa shape index (κ3) is 29.4. The highest BCUT2D eigenvalue weighted by Crippen LogP contribution is 2.30. The van der Waals surface area contributed by atoms with Gasteiger partial charge in [0.1, 0.15) is 46.2 Å². The van der Waals surface area contributed by atoms with Crippen molar-refractivity contribution in [2.24, 2.45) is 0 Å². The van der Waals surface area contributed by atoms with Gasteiger partial charge in [-0.05, 0) is 207 Å². The Balaban J connectivity index is 0.000000167. The molecular formula is C89H98N8O8S4. The second kappa shape index (κ2) is 45.4. The molecule has 0 bridgehead atoms. The van der Waals surface area contributed by atoms with E-state index in [2.05, 4.69) is 79.7 Å². The molecule has 8 aromatic heterocycles. The number of benzene rings is 4. The first-order valence-corrected chi connectivity index (χ1v) is 41.7. The van der Waals surface area contributed by atoms with Gasteiger partial charge in [0.05, 0.1) is 45.8 Å². The quantitative estimate of drug-likeness (QED) is 0.0353. The number of oxazole rings is 4. The third-order valence-corrected chi connectivity index (χ3v) is 21.7. The molecule has 0 spiro atoms. The maximum Gasteiger partial charge on any atom is 0.226 e. The van der Waals surface area contributed by atoms with E-state index in [-0.39, 0.29) is 23.1 Å². The predicted octanol–water partition coefficient (Wildman–Crippen LogP) is 21.0. The molecule has 12 aromatic rings. The number of thioether (sulfide) groups is 4. The lowest BCUT2D eigenvalue weighted by atomic mass is 10.1. The summed E-state index contributed by atoms with van der Waals surface area (Å²) in [5.74, 6) is 11.8. The lowest BCUT2D eigenvalue weighted by Crippen LogP contribution is -2.03. The van der Waals surface area contributed by atoms with Gasteiger partial charge < -0.3 is 17.7 Å². The summed E-state index contributed by atoms with van der Waals surface area (Å²) in [6, 6.07) is 48.6. The molecule has 0 atom stereocenters. The minimum absolute atomic E-state index is 0.281. The smallest absolute Gasteiger partial charge is 0.226 e. The Hall–Kier alpha value is -9.60. The lowest BCUT2D eigenvalue weighted by Gasteiger charge is -2.01. The van der Waals surface area contributed by atoms with Crippen molar-refractivity contribution in [2.45, 2.75) is 162 Å².